The molecule has 2 aromatic carbocycles. The Hall–Kier alpha value is -2.77. The molecular formula is C22H18Cl2N2O5. The topological polar surface area (TPSA) is 86.2 Å². The minimum atomic E-state index is -0.540. The van der Waals surface area contributed by atoms with Gasteiger partial charge >= 0.3 is 5.97 Å². The highest BCUT2D eigenvalue weighted by atomic mass is 35.5. The van der Waals surface area contributed by atoms with E-state index >= 15 is 0 Å². The van der Waals surface area contributed by atoms with E-state index in [1.54, 1.807) is 12.1 Å². The minimum absolute atomic E-state index is 0.0251. The number of hydrogen-bond donors (Lipinski definition) is 1. The molecular weight excluding hydrogens is 443 g/mol. The van der Waals surface area contributed by atoms with Crippen LogP contribution in [-0.4, -0.2) is 24.2 Å². The Morgan fingerprint density at radius 2 is 2.00 bits per heavy atom. The van der Waals surface area contributed by atoms with E-state index < -0.39 is 11.4 Å². The maximum Gasteiger partial charge on any atom is 0.340 e. The normalized spacial score (nSPS) is 21.3. The van der Waals surface area contributed by atoms with Gasteiger partial charge in [-0.05, 0) is 43.9 Å². The zero-order valence-electron chi connectivity index (χ0n) is 16.6. The summed E-state index contributed by atoms with van der Waals surface area (Å²) in [6.45, 7) is 2.06. The molecule has 2 aromatic rings. The van der Waals surface area contributed by atoms with Gasteiger partial charge in [-0.15, -0.1) is 0 Å². The molecule has 1 N–H and O–H groups in total. The number of nitrogens with one attached hydrogen (secondary N) is 1. The molecule has 0 spiro atoms. The summed E-state index contributed by atoms with van der Waals surface area (Å²) in [5, 5.41) is 7.18. The molecule has 3 aliphatic rings. The van der Waals surface area contributed by atoms with Gasteiger partial charge in [0.25, 0.3) is 0 Å². The summed E-state index contributed by atoms with van der Waals surface area (Å²) in [5.41, 5.74) is 2.79. The first kappa shape index (κ1) is 20.2. The number of benzene rings is 2. The van der Waals surface area contributed by atoms with Crippen molar-refractivity contribution in [3.05, 3.63) is 45.4 Å². The highest BCUT2D eigenvalue weighted by molar-refractivity contribution is 6.37. The average molecular weight is 461 g/mol. The maximum atomic E-state index is 12.5. The molecule has 1 unspecified atom stereocenters. The second-order valence-electron chi connectivity index (χ2n) is 8.01. The van der Waals surface area contributed by atoms with Crippen LogP contribution in [0, 0.1) is 0 Å². The van der Waals surface area contributed by atoms with Crippen LogP contribution in [0.5, 0.6) is 17.2 Å². The molecule has 2 aliphatic heterocycles. The van der Waals surface area contributed by atoms with E-state index in [2.05, 4.69) is 15.3 Å². The minimum Gasteiger partial charge on any atom is -0.487 e. The van der Waals surface area contributed by atoms with Gasteiger partial charge in [0.1, 0.15) is 23.8 Å². The van der Waals surface area contributed by atoms with Crippen molar-refractivity contribution in [1.82, 2.24) is 0 Å². The highest BCUT2D eigenvalue weighted by Crippen LogP contribution is 2.50. The molecule has 0 fully saturated rings. The van der Waals surface area contributed by atoms with E-state index in [-0.39, 0.29) is 29.0 Å². The molecule has 1 aliphatic carbocycles. The van der Waals surface area contributed by atoms with Gasteiger partial charge in [-0.3, -0.25) is 4.79 Å². The molecule has 0 bridgehead atoms. The predicted octanol–water partition coefficient (Wildman–Crippen LogP) is 5.01. The number of ether oxygens (including phenoxy) is 2. The number of rotatable bonds is 5. The highest BCUT2D eigenvalue weighted by Gasteiger charge is 2.46. The Morgan fingerprint density at radius 3 is 2.71 bits per heavy atom. The van der Waals surface area contributed by atoms with Gasteiger partial charge in [0, 0.05) is 23.4 Å². The molecule has 0 saturated heterocycles. The first-order chi connectivity index (χ1) is 14.8. The van der Waals surface area contributed by atoms with Crippen LogP contribution < -0.4 is 14.8 Å². The average Bonchev–Trinajstić information content (AvgIpc) is 3.26. The van der Waals surface area contributed by atoms with Crippen LogP contribution in [0.4, 0.5) is 5.69 Å². The molecule has 0 aromatic heterocycles. The fourth-order valence-electron chi connectivity index (χ4n) is 4.36. The molecule has 1 atom stereocenters. The first-order valence-electron chi connectivity index (χ1n) is 9.88. The van der Waals surface area contributed by atoms with Crippen molar-refractivity contribution in [3.63, 3.8) is 0 Å². The zero-order valence-corrected chi connectivity index (χ0v) is 18.1. The summed E-state index contributed by atoms with van der Waals surface area (Å²) in [5.74, 6) is 0.978. The lowest BCUT2D eigenvalue weighted by atomic mass is 9.72. The Labute approximate surface area is 188 Å². The number of oxime groups is 1. The Bertz CT molecular complexity index is 1140. The lowest BCUT2D eigenvalue weighted by Crippen LogP contribution is -2.34. The van der Waals surface area contributed by atoms with Crippen LogP contribution >= 0.6 is 23.2 Å². The van der Waals surface area contributed by atoms with Crippen LogP contribution in [-0.2, 0) is 26.3 Å². The van der Waals surface area contributed by atoms with Crippen molar-refractivity contribution in [3.8, 4) is 17.2 Å². The second kappa shape index (κ2) is 7.43. The van der Waals surface area contributed by atoms with Crippen molar-refractivity contribution in [2.75, 3.05) is 11.9 Å². The van der Waals surface area contributed by atoms with Crippen LogP contribution in [0.2, 0.25) is 10.0 Å². The van der Waals surface area contributed by atoms with E-state index in [9.17, 15) is 9.59 Å². The molecule has 31 heavy (non-hydrogen) atoms. The molecule has 160 valence electrons. The van der Waals surface area contributed by atoms with E-state index in [0.717, 1.165) is 36.1 Å². The Balaban J connectivity index is 1.41. The molecule has 0 radical (unpaired) electrons. The first-order valence-corrected chi connectivity index (χ1v) is 10.6. The molecule has 7 nitrogen and oxygen atoms in total. The van der Waals surface area contributed by atoms with E-state index in [1.807, 2.05) is 19.1 Å². The largest absolute Gasteiger partial charge is 0.487 e. The van der Waals surface area contributed by atoms with Gasteiger partial charge in [-0.25, -0.2) is 4.79 Å². The van der Waals surface area contributed by atoms with Crippen molar-refractivity contribution in [2.24, 2.45) is 5.16 Å². The van der Waals surface area contributed by atoms with Crippen molar-refractivity contribution in [1.29, 1.82) is 0 Å². The second-order valence-corrected chi connectivity index (χ2v) is 8.82. The van der Waals surface area contributed by atoms with Crippen LogP contribution in [0.15, 0.2) is 29.4 Å². The van der Waals surface area contributed by atoms with Crippen LogP contribution in [0.25, 0.3) is 0 Å². The lowest BCUT2D eigenvalue weighted by Gasteiger charge is -2.30. The molecule has 9 heteroatoms. The predicted molar refractivity (Wildman–Crippen MR) is 116 cm³/mol. The number of hydrogen-bond acceptors (Lipinski definition) is 6. The molecule has 2 heterocycles. The smallest absolute Gasteiger partial charge is 0.340 e. The van der Waals surface area contributed by atoms with Crippen LogP contribution in [0.1, 0.15) is 37.3 Å². The maximum absolute atomic E-state index is 12.5. The lowest BCUT2D eigenvalue weighted by molar-refractivity contribution is -0.140. The van der Waals surface area contributed by atoms with Gasteiger partial charge in [-0.2, -0.15) is 0 Å². The van der Waals surface area contributed by atoms with E-state index in [4.69, 9.17) is 32.7 Å². The number of carbonyl (C=O) groups excluding carboxylic acids is 2. The fourth-order valence-corrected chi connectivity index (χ4v) is 4.90. The summed E-state index contributed by atoms with van der Waals surface area (Å²) in [6.07, 6.45) is 2.60. The van der Waals surface area contributed by atoms with Crippen molar-refractivity contribution in [2.45, 2.75) is 38.0 Å². The number of carbonyl (C=O) groups is 2. The van der Waals surface area contributed by atoms with E-state index in [1.165, 1.54) is 0 Å². The number of anilines is 1. The number of nitrogens with zero attached hydrogens (tertiary/aromatic N) is 1. The summed E-state index contributed by atoms with van der Waals surface area (Å²) in [6, 6.07) is 6.87. The zero-order chi connectivity index (χ0) is 21.8. The molecule has 1 amide bonds. The van der Waals surface area contributed by atoms with Crippen molar-refractivity contribution < 1.29 is 23.9 Å². The number of amides is 1. The number of halogens is 2. The van der Waals surface area contributed by atoms with Crippen LogP contribution in [0.3, 0.4) is 0 Å². The SMILES string of the molecule is CC12CCCc3c(Oc4c(Cl)cc(OCC5=NOC(=O)C5)cc4Cl)ccc(c31)NC2=O. The monoisotopic (exact) mass is 460 g/mol. The third-order valence-electron chi connectivity index (χ3n) is 5.89. The quantitative estimate of drug-likeness (QED) is 0.633. The standard InChI is InChI=1S/C22H18Cl2N2O5/c1-22-6-2-3-13-17(5-4-16(19(13)22)25-21(22)28)30-20-14(23)8-12(9-15(20)24)29-10-11-7-18(27)31-26-11/h4-5,8-9H,2-3,6-7,10H2,1H3,(H,25,28). The van der Waals surface area contributed by atoms with Gasteiger partial charge in [0.2, 0.25) is 5.91 Å². The van der Waals surface area contributed by atoms with Gasteiger partial charge < -0.3 is 19.6 Å². The summed E-state index contributed by atoms with van der Waals surface area (Å²) >= 11 is 12.9. The van der Waals surface area contributed by atoms with Crippen molar-refractivity contribution >= 4 is 46.5 Å². The molecule has 0 saturated carbocycles. The van der Waals surface area contributed by atoms with Gasteiger partial charge in [0.15, 0.2) is 5.75 Å². The summed E-state index contributed by atoms with van der Waals surface area (Å²) < 4.78 is 11.8. The third kappa shape index (κ3) is 3.42. The third-order valence-corrected chi connectivity index (χ3v) is 6.45. The Morgan fingerprint density at radius 1 is 1.23 bits per heavy atom. The van der Waals surface area contributed by atoms with Gasteiger partial charge in [-0.1, -0.05) is 28.4 Å². The van der Waals surface area contributed by atoms with E-state index in [0.29, 0.717) is 23.0 Å². The fraction of sp³-hybridized carbons (Fsp3) is 0.318. The summed E-state index contributed by atoms with van der Waals surface area (Å²) in [4.78, 5) is 28.2. The van der Waals surface area contributed by atoms with Gasteiger partial charge in [0.05, 0.1) is 21.9 Å². The summed E-state index contributed by atoms with van der Waals surface area (Å²) in [7, 11) is 0. The molecule has 5 rings (SSSR count). The Kier molecular flexibility index (Phi) is 4.83.